The molecule has 1 heterocycles. The molecule has 3 nitrogen and oxygen atoms in total. The first-order valence-electron chi connectivity index (χ1n) is 6.13. The van der Waals surface area contributed by atoms with Crippen molar-refractivity contribution in [3.05, 3.63) is 0 Å². The maximum absolute atomic E-state index is 5.87. The molecule has 0 aliphatic carbocycles. The molecule has 1 rings (SSSR count). The summed E-state index contributed by atoms with van der Waals surface area (Å²) in [5.41, 5.74) is 5.87. The fourth-order valence-electron chi connectivity index (χ4n) is 2.56. The Hall–Kier alpha value is -0.120. The molecule has 0 radical (unpaired) electrons. The van der Waals surface area contributed by atoms with Crippen LogP contribution in [0.4, 0.5) is 0 Å². The molecule has 0 aromatic rings. The van der Waals surface area contributed by atoms with Gasteiger partial charge in [-0.05, 0) is 26.8 Å². The summed E-state index contributed by atoms with van der Waals surface area (Å²) < 4.78 is 0. The van der Waals surface area contributed by atoms with Crippen LogP contribution in [0.15, 0.2) is 0 Å². The minimum Gasteiger partial charge on any atom is -0.329 e. The maximum atomic E-state index is 5.87. The molecule has 1 fully saturated rings. The lowest BCUT2D eigenvalue weighted by Crippen LogP contribution is -2.59. The molecule has 15 heavy (non-hydrogen) atoms. The highest BCUT2D eigenvalue weighted by molar-refractivity contribution is 4.87. The Bertz CT molecular complexity index is 181. The zero-order valence-electron chi connectivity index (χ0n) is 10.9. The normalized spacial score (nSPS) is 32.2. The number of hydrogen-bond donors (Lipinski definition) is 1. The van der Waals surface area contributed by atoms with Gasteiger partial charge >= 0.3 is 0 Å². The molecular weight excluding hydrogens is 186 g/mol. The maximum Gasteiger partial charge on any atom is 0.0242 e. The molecule has 1 aliphatic rings. The molecule has 0 aromatic heterocycles. The lowest BCUT2D eigenvalue weighted by molar-refractivity contribution is 0.0234. The molecule has 2 N–H and O–H groups in total. The molecule has 0 bridgehead atoms. The van der Waals surface area contributed by atoms with Crippen LogP contribution in [0.25, 0.3) is 0 Å². The van der Waals surface area contributed by atoms with Gasteiger partial charge in [-0.25, -0.2) is 0 Å². The van der Waals surface area contributed by atoms with E-state index in [1.54, 1.807) is 0 Å². The average Bonchev–Trinajstić information content (AvgIpc) is 2.14. The Morgan fingerprint density at radius 1 is 1.20 bits per heavy atom. The second-order valence-electron chi connectivity index (χ2n) is 5.36. The highest BCUT2D eigenvalue weighted by Gasteiger charge is 2.31. The molecule has 0 amide bonds. The van der Waals surface area contributed by atoms with Gasteiger partial charge in [-0.2, -0.15) is 0 Å². The Morgan fingerprint density at radius 3 is 2.00 bits per heavy atom. The van der Waals surface area contributed by atoms with E-state index in [1.165, 1.54) is 0 Å². The molecule has 1 aliphatic heterocycles. The number of rotatable bonds is 3. The Balaban J connectivity index is 2.63. The summed E-state index contributed by atoms with van der Waals surface area (Å²) in [5.74, 6) is 0.651. The van der Waals surface area contributed by atoms with E-state index in [4.69, 9.17) is 5.73 Å². The van der Waals surface area contributed by atoms with Gasteiger partial charge in [0.1, 0.15) is 0 Å². The highest BCUT2D eigenvalue weighted by Crippen LogP contribution is 2.18. The summed E-state index contributed by atoms with van der Waals surface area (Å²) in [5, 5.41) is 0. The van der Waals surface area contributed by atoms with Crippen molar-refractivity contribution in [2.24, 2.45) is 11.7 Å². The summed E-state index contributed by atoms with van der Waals surface area (Å²) in [7, 11) is 2.22. The van der Waals surface area contributed by atoms with E-state index in [-0.39, 0.29) is 0 Å². The molecule has 3 unspecified atom stereocenters. The number of likely N-dealkylation sites (N-methyl/N-ethyl adjacent to an activating group) is 1. The highest BCUT2D eigenvalue weighted by atomic mass is 15.3. The van der Waals surface area contributed by atoms with Gasteiger partial charge in [0.25, 0.3) is 0 Å². The van der Waals surface area contributed by atoms with Crippen molar-refractivity contribution < 1.29 is 0 Å². The predicted molar refractivity (Wildman–Crippen MR) is 65.9 cm³/mol. The number of nitrogens with zero attached hydrogens (tertiary/aromatic N) is 2. The molecule has 1 saturated heterocycles. The van der Waals surface area contributed by atoms with Gasteiger partial charge < -0.3 is 5.73 Å². The standard InChI is InChI=1S/C12H27N3/c1-9(2)12(6-13)15-7-10(3)14(5)11(4)8-15/h9-12H,6-8,13H2,1-5H3. The smallest absolute Gasteiger partial charge is 0.0242 e. The van der Waals surface area contributed by atoms with Crippen LogP contribution >= 0.6 is 0 Å². The SMILES string of the molecule is CC(C)C(CN)N1CC(C)N(C)C(C)C1. The largest absolute Gasteiger partial charge is 0.329 e. The third kappa shape index (κ3) is 2.92. The van der Waals surface area contributed by atoms with Crippen LogP contribution in [-0.4, -0.2) is 54.6 Å². The van der Waals surface area contributed by atoms with E-state index < -0.39 is 0 Å². The summed E-state index contributed by atoms with van der Waals surface area (Å²) in [6.07, 6.45) is 0. The molecular formula is C12H27N3. The van der Waals surface area contributed by atoms with E-state index in [2.05, 4.69) is 44.5 Å². The Labute approximate surface area is 94.6 Å². The first-order valence-corrected chi connectivity index (χ1v) is 6.13. The van der Waals surface area contributed by atoms with Crippen molar-refractivity contribution in [2.45, 2.75) is 45.8 Å². The Morgan fingerprint density at radius 2 is 1.67 bits per heavy atom. The van der Waals surface area contributed by atoms with Gasteiger partial charge in [0.15, 0.2) is 0 Å². The summed E-state index contributed by atoms with van der Waals surface area (Å²) in [4.78, 5) is 5.03. The number of nitrogens with two attached hydrogens (primary N) is 1. The molecule has 3 heteroatoms. The Kier molecular flexibility index (Phi) is 4.56. The van der Waals surface area contributed by atoms with Crippen molar-refractivity contribution in [3.63, 3.8) is 0 Å². The van der Waals surface area contributed by atoms with Gasteiger partial charge in [0.2, 0.25) is 0 Å². The first-order chi connectivity index (χ1) is 6.97. The lowest BCUT2D eigenvalue weighted by Gasteiger charge is -2.46. The van der Waals surface area contributed by atoms with Crippen LogP contribution in [0.3, 0.4) is 0 Å². The summed E-state index contributed by atoms with van der Waals surface area (Å²) in [6.45, 7) is 12.2. The molecule has 90 valence electrons. The van der Waals surface area contributed by atoms with Gasteiger partial charge in [-0.1, -0.05) is 13.8 Å². The van der Waals surface area contributed by atoms with Crippen LogP contribution in [0.2, 0.25) is 0 Å². The van der Waals surface area contributed by atoms with Crippen LogP contribution in [0.5, 0.6) is 0 Å². The average molecular weight is 213 g/mol. The second-order valence-corrected chi connectivity index (χ2v) is 5.36. The monoisotopic (exact) mass is 213 g/mol. The fraction of sp³-hybridized carbons (Fsp3) is 1.00. The zero-order valence-corrected chi connectivity index (χ0v) is 10.9. The van der Waals surface area contributed by atoms with Crippen molar-refractivity contribution >= 4 is 0 Å². The second kappa shape index (κ2) is 5.28. The van der Waals surface area contributed by atoms with E-state index in [1.807, 2.05) is 0 Å². The van der Waals surface area contributed by atoms with Crippen LogP contribution in [0, 0.1) is 5.92 Å². The zero-order chi connectivity index (χ0) is 11.6. The fourth-order valence-corrected chi connectivity index (χ4v) is 2.56. The van der Waals surface area contributed by atoms with Crippen molar-refractivity contribution in [3.8, 4) is 0 Å². The van der Waals surface area contributed by atoms with Crippen LogP contribution < -0.4 is 5.73 Å². The third-order valence-electron chi connectivity index (χ3n) is 3.87. The van der Waals surface area contributed by atoms with E-state index >= 15 is 0 Å². The van der Waals surface area contributed by atoms with Gasteiger partial charge in [-0.3, -0.25) is 9.80 Å². The lowest BCUT2D eigenvalue weighted by atomic mass is 9.99. The van der Waals surface area contributed by atoms with Crippen molar-refractivity contribution in [2.75, 3.05) is 26.7 Å². The van der Waals surface area contributed by atoms with Gasteiger partial charge in [0.05, 0.1) is 0 Å². The summed E-state index contributed by atoms with van der Waals surface area (Å²) in [6, 6.07) is 1.83. The first kappa shape index (κ1) is 12.9. The molecule has 0 spiro atoms. The van der Waals surface area contributed by atoms with E-state index in [0.717, 1.165) is 19.6 Å². The van der Waals surface area contributed by atoms with E-state index in [0.29, 0.717) is 24.0 Å². The predicted octanol–water partition coefficient (Wildman–Crippen LogP) is 0.994. The van der Waals surface area contributed by atoms with Gasteiger partial charge in [0, 0.05) is 37.8 Å². The topological polar surface area (TPSA) is 32.5 Å². The van der Waals surface area contributed by atoms with Crippen molar-refractivity contribution in [1.82, 2.24) is 9.80 Å². The summed E-state index contributed by atoms with van der Waals surface area (Å²) >= 11 is 0. The number of piperazine rings is 1. The van der Waals surface area contributed by atoms with Crippen molar-refractivity contribution in [1.29, 1.82) is 0 Å². The van der Waals surface area contributed by atoms with E-state index in [9.17, 15) is 0 Å². The quantitative estimate of drug-likeness (QED) is 0.759. The molecule has 0 saturated carbocycles. The van der Waals surface area contributed by atoms with Crippen LogP contribution in [0.1, 0.15) is 27.7 Å². The van der Waals surface area contributed by atoms with Crippen LogP contribution in [-0.2, 0) is 0 Å². The third-order valence-corrected chi connectivity index (χ3v) is 3.87. The molecule has 3 atom stereocenters. The minimum atomic E-state index is 0.545. The minimum absolute atomic E-state index is 0.545. The molecule has 0 aromatic carbocycles. The van der Waals surface area contributed by atoms with Gasteiger partial charge in [-0.15, -0.1) is 0 Å². The number of hydrogen-bond acceptors (Lipinski definition) is 3.